The molecule has 0 radical (unpaired) electrons. The Morgan fingerprint density at radius 2 is 2.21 bits per heavy atom. The van der Waals surface area contributed by atoms with E-state index in [1.807, 2.05) is 25.1 Å². The maximum atomic E-state index is 12.3. The molecule has 0 aromatic heterocycles. The molecule has 0 aliphatic heterocycles. The van der Waals surface area contributed by atoms with Crippen LogP contribution in [-0.4, -0.2) is 18.5 Å². The van der Waals surface area contributed by atoms with Gasteiger partial charge in [0.1, 0.15) is 0 Å². The van der Waals surface area contributed by atoms with Gasteiger partial charge in [-0.15, -0.1) is 12.4 Å². The molecule has 106 valence electrons. The van der Waals surface area contributed by atoms with Gasteiger partial charge in [-0.1, -0.05) is 28.4 Å². The van der Waals surface area contributed by atoms with Crippen molar-refractivity contribution in [2.45, 2.75) is 32.2 Å². The zero-order valence-corrected chi connectivity index (χ0v) is 13.4. The predicted octanol–water partition coefficient (Wildman–Crippen LogP) is 3.04. The van der Waals surface area contributed by atoms with Crippen LogP contribution < -0.4 is 11.1 Å². The van der Waals surface area contributed by atoms with Gasteiger partial charge in [0.15, 0.2) is 0 Å². The number of amides is 1. The maximum absolute atomic E-state index is 12.3. The highest BCUT2D eigenvalue weighted by Gasteiger charge is 2.27. The zero-order chi connectivity index (χ0) is 13.1. The Morgan fingerprint density at radius 3 is 2.89 bits per heavy atom. The van der Waals surface area contributed by atoms with Gasteiger partial charge >= 0.3 is 0 Å². The summed E-state index contributed by atoms with van der Waals surface area (Å²) in [7, 11) is 0. The van der Waals surface area contributed by atoms with E-state index in [1.54, 1.807) is 0 Å². The van der Waals surface area contributed by atoms with Crippen molar-refractivity contribution < 1.29 is 4.79 Å². The molecule has 0 bridgehead atoms. The number of aryl methyl sites for hydroxylation is 1. The molecule has 5 heteroatoms. The largest absolute Gasteiger partial charge is 0.349 e. The lowest BCUT2D eigenvalue weighted by atomic mass is 10.0. The van der Waals surface area contributed by atoms with Crippen LogP contribution in [0.3, 0.4) is 0 Å². The van der Waals surface area contributed by atoms with E-state index < -0.39 is 0 Å². The van der Waals surface area contributed by atoms with E-state index in [0.29, 0.717) is 12.5 Å². The summed E-state index contributed by atoms with van der Waals surface area (Å²) in [6.45, 7) is 2.61. The average Bonchev–Trinajstić information content (AvgIpc) is 2.79. The fraction of sp³-hybridized carbons (Fsp3) is 0.500. The van der Waals surface area contributed by atoms with Crippen LogP contribution >= 0.6 is 28.3 Å². The molecule has 0 saturated heterocycles. The quantitative estimate of drug-likeness (QED) is 0.883. The second-order valence-electron chi connectivity index (χ2n) is 4.97. The predicted molar refractivity (Wildman–Crippen MR) is 83.8 cm³/mol. The van der Waals surface area contributed by atoms with Crippen molar-refractivity contribution in [1.29, 1.82) is 0 Å². The summed E-state index contributed by atoms with van der Waals surface area (Å²) in [4.78, 5) is 12.3. The molecule has 2 rings (SSSR count). The van der Waals surface area contributed by atoms with E-state index in [4.69, 9.17) is 5.73 Å². The van der Waals surface area contributed by atoms with Gasteiger partial charge in [-0.2, -0.15) is 0 Å². The van der Waals surface area contributed by atoms with Gasteiger partial charge in [0.25, 0.3) is 5.91 Å². The molecule has 3 nitrogen and oxygen atoms in total. The summed E-state index contributed by atoms with van der Waals surface area (Å²) in [6.07, 6.45) is 3.32. The molecule has 0 heterocycles. The minimum atomic E-state index is 0. The molecule has 1 aliphatic rings. The minimum Gasteiger partial charge on any atom is -0.349 e. The summed E-state index contributed by atoms with van der Waals surface area (Å²) >= 11 is 3.40. The monoisotopic (exact) mass is 346 g/mol. The lowest BCUT2D eigenvalue weighted by Gasteiger charge is -2.20. The first-order chi connectivity index (χ1) is 8.61. The lowest BCUT2D eigenvalue weighted by molar-refractivity contribution is 0.0928. The summed E-state index contributed by atoms with van der Waals surface area (Å²) in [5.74, 6) is 0.445. The van der Waals surface area contributed by atoms with Crippen molar-refractivity contribution in [2.24, 2.45) is 11.7 Å². The van der Waals surface area contributed by atoms with Gasteiger partial charge in [0, 0.05) is 16.1 Å². The van der Waals surface area contributed by atoms with Crippen molar-refractivity contribution >= 4 is 34.2 Å². The Balaban J connectivity index is 0.00000180. The van der Waals surface area contributed by atoms with Crippen molar-refractivity contribution in [2.75, 3.05) is 6.54 Å². The first kappa shape index (κ1) is 16.5. The number of nitrogens with two attached hydrogens (primary N) is 1. The minimum absolute atomic E-state index is 0. The number of carbonyl (C=O) groups excluding carboxylic acids is 1. The van der Waals surface area contributed by atoms with Gasteiger partial charge in [0.2, 0.25) is 0 Å². The van der Waals surface area contributed by atoms with E-state index >= 15 is 0 Å². The molecule has 2 unspecified atom stereocenters. The van der Waals surface area contributed by atoms with E-state index in [-0.39, 0.29) is 24.4 Å². The normalized spacial score (nSPS) is 21.8. The summed E-state index contributed by atoms with van der Waals surface area (Å²) in [5, 5.41) is 3.12. The van der Waals surface area contributed by atoms with Crippen LogP contribution in [0.25, 0.3) is 0 Å². The Hall–Kier alpha value is -0.580. The summed E-state index contributed by atoms with van der Waals surface area (Å²) < 4.78 is 0.931. The van der Waals surface area contributed by atoms with E-state index in [0.717, 1.165) is 34.9 Å². The van der Waals surface area contributed by atoms with Gasteiger partial charge in [-0.25, -0.2) is 0 Å². The van der Waals surface area contributed by atoms with Crippen LogP contribution in [0.4, 0.5) is 0 Å². The molecule has 2 atom stereocenters. The highest BCUT2D eigenvalue weighted by molar-refractivity contribution is 9.10. The van der Waals surface area contributed by atoms with E-state index in [2.05, 4.69) is 21.2 Å². The van der Waals surface area contributed by atoms with E-state index in [9.17, 15) is 4.79 Å². The van der Waals surface area contributed by atoms with Crippen LogP contribution in [0.5, 0.6) is 0 Å². The summed E-state index contributed by atoms with van der Waals surface area (Å²) in [6, 6.07) is 6.01. The molecule has 0 spiro atoms. The number of hydrogen-bond acceptors (Lipinski definition) is 2. The number of nitrogens with one attached hydrogen (secondary N) is 1. The average molecular weight is 348 g/mol. The van der Waals surface area contributed by atoms with Crippen LogP contribution in [0.2, 0.25) is 0 Å². The van der Waals surface area contributed by atoms with Crippen molar-refractivity contribution in [3.8, 4) is 0 Å². The Morgan fingerprint density at radius 1 is 1.47 bits per heavy atom. The first-order valence-electron chi connectivity index (χ1n) is 6.39. The SMILES string of the molecule is Cc1ccc(Br)cc1C(=O)NC1CCCC1CN.Cl. The van der Waals surface area contributed by atoms with Crippen molar-refractivity contribution in [3.05, 3.63) is 33.8 Å². The number of benzene rings is 1. The third-order valence-electron chi connectivity index (χ3n) is 3.72. The molecule has 3 N–H and O–H groups in total. The van der Waals surface area contributed by atoms with Gasteiger partial charge < -0.3 is 11.1 Å². The van der Waals surface area contributed by atoms with Crippen LogP contribution in [0.1, 0.15) is 35.2 Å². The van der Waals surface area contributed by atoms with Gasteiger partial charge in [0.05, 0.1) is 0 Å². The topological polar surface area (TPSA) is 55.1 Å². The first-order valence-corrected chi connectivity index (χ1v) is 7.18. The molecular formula is C14H20BrClN2O. The fourth-order valence-electron chi connectivity index (χ4n) is 2.59. The Kier molecular flexibility index (Phi) is 6.30. The Labute approximate surface area is 128 Å². The third-order valence-corrected chi connectivity index (χ3v) is 4.22. The number of halogens is 2. The zero-order valence-electron chi connectivity index (χ0n) is 11.0. The highest BCUT2D eigenvalue weighted by Crippen LogP contribution is 2.25. The van der Waals surface area contributed by atoms with Gasteiger partial charge in [-0.3, -0.25) is 4.79 Å². The molecular weight excluding hydrogens is 328 g/mol. The maximum Gasteiger partial charge on any atom is 0.251 e. The smallest absolute Gasteiger partial charge is 0.251 e. The Bertz CT molecular complexity index is 453. The summed E-state index contributed by atoms with van der Waals surface area (Å²) in [5.41, 5.74) is 7.47. The van der Waals surface area contributed by atoms with Crippen LogP contribution in [0, 0.1) is 12.8 Å². The van der Waals surface area contributed by atoms with E-state index in [1.165, 1.54) is 0 Å². The lowest BCUT2D eigenvalue weighted by Crippen LogP contribution is -2.40. The number of carbonyl (C=O) groups is 1. The standard InChI is InChI=1S/C14H19BrN2O.ClH/c1-9-5-6-11(15)7-12(9)14(18)17-13-4-2-3-10(13)8-16;/h5-7,10,13H,2-4,8,16H2,1H3,(H,17,18);1H. The molecule has 1 saturated carbocycles. The molecule has 1 aliphatic carbocycles. The van der Waals surface area contributed by atoms with Crippen molar-refractivity contribution in [3.63, 3.8) is 0 Å². The third kappa shape index (κ3) is 3.94. The van der Waals surface area contributed by atoms with Gasteiger partial charge in [-0.05, 0) is 49.9 Å². The highest BCUT2D eigenvalue weighted by atomic mass is 79.9. The molecule has 1 aromatic rings. The number of hydrogen-bond donors (Lipinski definition) is 2. The molecule has 1 fully saturated rings. The van der Waals surface area contributed by atoms with Crippen LogP contribution in [0.15, 0.2) is 22.7 Å². The molecule has 1 aromatic carbocycles. The molecule has 1 amide bonds. The molecule has 19 heavy (non-hydrogen) atoms. The van der Waals surface area contributed by atoms with Crippen LogP contribution in [-0.2, 0) is 0 Å². The second kappa shape index (κ2) is 7.27. The van der Waals surface area contributed by atoms with Crippen molar-refractivity contribution in [1.82, 2.24) is 5.32 Å². The fourth-order valence-corrected chi connectivity index (χ4v) is 2.96. The number of rotatable bonds is 3. The second-order valence-corrected chi connectivity index (χ2v) is 5.88.